The smallest absolute Gasteiger partial charge is 0.274 e. The van der Waals surface area contributed by atoms with Gasteiger partial charge in [0.15, 0.2) is 0 Å². The van der Waals surface area contributed by atoms with Crippen LogP contribution in [0.5, 0.6) is 0 Å². The first-order valence-electron chi connectivity index (χ1n) is 8.81. The van der Waals surface area contributed by atoms with Crippen molar-refractivity contribution in [3.05, 3.63) is 76.6 Å². The van der Waals surface area contributed by atoms with Crippen LogP contribution in [0.15, 0.2) is 54.6 Å². The predicted molar refractivity (Wildman–Crippen MR) is 108 cm³/mol. The average molecular weight is 379 g/mol. The molecule has 0 fully saturated rings. The summed E-state index contributed by atoms with van der Waals surface area (Å²) in [5.74, 6) is 0.276. The van der Waals surface area contributed by atoms with Crippen molar-refractivity contribution in [2.24, 2.45) is 0 Å². The zero-order valence-corrected chi connectivity index (χ0v) is 15.9. The molecule has 4 rings (SSSR count). The summed E-state index contributed by atoms with van der Waals surface area (Å²) in [5, 5.41) is 3.47. The number of carbonyl (C=O) groups is 1. The quantitative estimate of drug-likeness (QED) is 0.713. The molecule has 0 bridgehead atoms. The van der Waals surface area contributed by atoms with E-state index in [1.807, 2.05) is 19.1 Å². The van der Waals surface area contributed by atoms with E-state index < -0.39 is 0 Å². The molecule has 1 N–H and O–H groups in total. The second-order valence-corrected chi connectivity index (χ2v) is 7.14. The van der Waals surface area contributed by atoms with Crippen molar-refractivity contribution in [1.82, 2.24) is 9.97 Å². The number of amides is 1. The zero-order valence-electron chi connectivity index (χ0n) is 15.1. The van der Waals surface area contributed by atoms with Gasteiger partial charge in [-0.1, -0.05) is 29.8 Å². The number of nitrogens with zero attached hydrogens (tertiary/aromatic N) is 3. The molecular formula is C21H19ClN4O. The molecule has 5 nitrogen and oxygen atoms in total. The van der Waals surface area contributed by atoms with Gasteiger partial charge in [0.2, 0.25) is 5.95 Å². The van der Waals surface area contributed by atoms with E-state index >= 15 is 0 Å². The number of halogens is 1. The Bertz CT molecular complexity index is 1000. The molecule has 1 amide bonds. The highest BCUT2D eigenvalue weighted by molar-refractivity contribution is 6.30. The van der Waals surface area contributed by atoms with Crippen LogP contribution in [-0.2, 0) is 6.42 Å². The summed E-state index contributed by atoms with van der Waals surface area (Å²) in [4.78, 5) is 23.9. The molecule has 1 atom stereocenters. The molecule has 1 aliphatic rings. The maximum Gasteiger partial charge on any atom is 0.274 e. The lowest BCUT2D eigenvalue weighted by molar-refractivity contribution is 0.102. The number of benzene rings is 2. The van der Waals surface area contributed by atoms with Crippen molar-refractivity contribution in [3.8, 4) is 0 Å². The first kappa shape index (κ1) is 17.5. The Kier molecular flexibility index (Phi) is 4.54. The van der Waals surface area contributed by atoms with E-state index in [2.05, 4.69) is 39.2 Å². The van der Waals surface area contributed by atoms with Crippen LogP contribution in [-0.4, -0.2) is 21.9 Å². The zero-order chi connectivity index (χ0) is 19.0. The fourth-order valence-electron chi connectivity index (χ4n) is 3.38. The molecular weight excluding hydrogens is 360 g/mol. The third-order valence-electron chi connectivity index (χ3n) is 4.60. The Balaban J connectivity index is 1.66. The Morgan fingerprint density at radius 2 is 1.89 bits per heavy atom. The summed E-state index contributed by atoms with van der Waals surface area (Å²) in [5.41, 5.74) is 4.12. The first-order valence-corrected chi connectivity index (χ1v) is 9.19. The molecule has 6 heteroatoms. The van der Waals surface area contributed by atoms with Crippen molar-refractivity contribution in [2.75, 3.05) is 10.2 Å². The van der Waals surface area contributed by atoms with Crippen LogP contribution in [0.25, 0.3) is 0 Å². The molecule has 1 unspecified atom stereocenters. The van der Waals surface area contributed by atoms with Crippen molar-refractivity contribution >= 4 is 34.8 Å². The van der Waals surface area contributed by atoms with Crippen LogP contribution < -0.4 is 10.2 Å². The molecule has 1 aromatic heterocycles. The summed E-state index contributed by atoms with van der Waals surface area (Å²) in [6.45, 7) is 4.01. The van der Waals surface area contributed by atoms with Crippen LogP contribution in [0.1, 0.15) is 28.7 Å². The molecule has 2 aromatic carbocycles. The van der Waals surface area contributed by atoms with Crippen LogP contribution >= 0.6 is 11.6 Å². The van der Waals surface area contributed by atoms with E-state index in [9.17, 15) is 4.79 Å². The molecule has 3 aromatic rings. The van der Waals surface area contributed by atoms with Gasteiger partial charge in [0.05, 0.1) is 0 Å². The van der Waals surface area contributed by atoms with Gasteiger partial charge in [-0.15, -0.1) is 0 Å². The number of aryl methyl sites for hydroxylation is 1. The van der Waals surface area contributed by atoms with Gasteiger partial charge < -0.3 is 10.2 Å². The lowest BCUT2D eigenvalue weighted by Gasteiger charge is -2.23. The lowest BCUT2D eigenvalue weighted by atomic mass is 10.1. The summed E-state index contributed by atoms with van der Waals surface area (Å²) in [6.07, 6.45) is 0.930. The standard InChI is InChI=1S/C21H19ClN4O/c1-13-11-18(20(27)24-17-9-7-16(22)8-10-17)25-21(23-13)26-14(2)12-15-5-3-4-6-19(15)26/h3-11,14H,12H2,1-2H3,(H,24,27). The molecule has 136 valence electrons. The largest absolute Gasteiger partial charge is 0.321 e. The highest BCUT2D eigenvalue weighted by Crippen LogP contribution is 2.36. The number of nitrogens with one attached hydrogen (secondary N) is 1. The fourth-order valence-corrected chi connectivity index (χ4v) is 3.50. The van der Waals surface area contributed by atoms with Gasteiger partial charge in [0.1, 0.15) is 5.69 Å². The minimum Gasteiger partial charge on any atom is -0.321 e. The second-order valence-electron chi connectivity index (χ2n) is 6.71. The second kappa shape index (κ2) is 7.00. The van der Waals surface area contributed by atoms with Crippen LogP contribution in [0.3, 0.4) is 0 Å². The van der Waals surface area contributed by atoms with Crippen LogP contribution in [0.4, 0.5) is 17.3 Å². The Morgan fingerprint density at radius 3 is 2.67 bits per heavy atom. The number of hydrogen-bond donors (Lipinski definition) is 1. The Hall–Kier alpha value is -2.92. The van der Waals surface area contributed by atoms with E-state index in [4.69, 9.17) is 11.6 Å². The van der Waals surface area contributed by atoms with Crippen molar-refractivity contribution in [1.29, 1.82) is 0 Å². The van der Waals surface area contributed by atoms with Crippen LogP contribution in [0, 0.1) is 6.92 Å². The normalized spacial score (nSPS) is 15.5. The summed E-state index contributed by atoms with van der Waals surface area (Å²) < 4.78 is 0. The summed E-state index contributed by atoms with van der Waals surface area (Å²) in [6, 6.07) is 17.1. The topological polar surface area (TPSA) is 58.1 Å². The SMILES string of the molecule is Cc1cc(C(=O)Nc2ccc(Cl)cc2)nc(N2c3ccccc3CC2C)n1. The first-order chi connectivity index (χ1) is 13.0. The van der Waals surface area contributed by atoms with Gasteiger partial charge in [0.25, 0.3) is 5.91 Å². The van der Waals surface area contributed by atoms with E-state index in [1.54, 1.807) is 30.3 Å². The van der Waals surface area contributed by atoms with Gasteiger partial charge in [-0.2, -0.15) is 0 Å². The summed E-state index contributed by atoms with van der Waals surface area (Å²) in [7, 11) is 0. The number of fused-ring (bicyclic) bond motifs is 1. The number of carbonyl (C=O) groups excluding carboxylic acids is 1. The summed E-state index contributed by atoms with van der Waals surface area (Å²) >= 11 is 5.90. The van der Waals surface area contributed by atoms with E-state index in [1.165, 1.54) is 5.56 Å². The highest BCUT2D eigenvalue weighted by Gasteiger charge is 2.29. The minimum atomic E-state index is -0.274. The highest BCUT2D eigenvalue weighted by atomic mass is 35.5. The van der Waals surface area contributed by atoms with E-state index in [-0.39, 0.29) is 11.9 Å². The Labute approximate surface area is 163 Å². The Morgan fingerprint density at radius 1 is 1.15 bits per heavy atom. The predicted octanol–water partition coefficient (Wildman–Crippen LogP) is 4.77. The molecule has 0 saturated heterocycles. The van der Waals surface area contributed by atoms with Crippen molar-refractivity contribution in [2.45, 2.75) is 26.3 Å². The number of hydrogen-bond acceptors (Lipinski definition) is 4. The third kappa shape index (κ3) is 3.51. The molecule has 0 spiro atoms. The van der Waals surface area contributed by atoms with Gasteiger partial charge >= 0.3 is 0 Å². The van der Waals surface area contributed by atoms with Crippen LogP contribution in [0.2, 0.25) is 5.02 Å². The average Bonchev–Trinajstić information content (AvgIpc) is 2.98. The number of rotatable bonds is 3. The lowest BCUT2D eigenvalue weighted by Crippen LogP contribution is -2.27. The van der Waals surface area contributed by atoms with Gasteiger partial charge in [-0.05, 0) is 62.2 Å². The monoisotopic (exact) mass is 378 g/mol. The molecule has 2 heterocycles. The van der Waals surface area contributed by atoms with E-state index in [0.29, 0.717) is 22.4 Å². The van der Waals surface area contributed by atoms with Gasteiger partial charge in [0, 0.05) is 28.1 Å². The fraction of sp³-hybridized carbons (Fsp3) is 0.190. The van der Waals surface area contributed by atoms with Crippen molar-refractivity contribution < 1.29 is 4.79 Å². The number of aromatic nitrogens is 2. The molecule has 0 saturated carbocycles. The third-order valence-corrected chi connectivity index (χ3v) is 4.85. The molecule has 0 radical (unpaired) electrons. The maximum absolute atomic E-state index is 12.7. The number of anilines is 3. The molecule has 1 aliphatic heterocycles. The molecule has 27 heavy (non-hydrogen) atoms. The minimum absolute atomic E-state index is 0.233. The maximum atomic E-state index is 12.7. The molecule has 0 aliphatic carbocycles. The van der Waals surface area contributed by atoms with E-state index in [0.717, 1.165) is 17.8 Å². The van der Waals surface area contributed by atoms with Gasteiger partial charge in [-0.3, -0.25) is 4.79 Å². The van der Waals surface area contributed by atoms with Crippen molar-refractivity contribution in [3.63, 3.8) is 0 Å². The van der Waals surface area contributed by atoms with Gasteiger partial charge in [-0.25, -0.2) is 9.97 Å². The number of para-hydroxylation sites is 1.